The molecule has 0 aromatic heterocycles. The van der Waals surface area contributed by atoms with Gasteiger partial charge in [-0.15, -0.1) is 0 Å². The van der Waals surface area contributed by atoms with Gasteiger partial charge in [0.1, 0.15) is 0 Å². The van der Waals surface area contributed by atoms with E-state index in [-0.39, 0.29) is 11.8 Å². The molecule has 1 aliphatic heterocycles. The molecule has 144 valence electrons. The van der Waals surface area contributed by atoms with Gasteiger partial charge in [0, 0.05) is 26.1 Å². The van der Waals surface area contributed by atoms with Gasteiger partial charge >= 0.3 is 0 Å². The van der Waals surface area contributed by atoms with Crippen LogP contribution >= 0.6 is 0 Å². The van der Waals surface area contributed by atoms with Gasteiger partial charge in [-0.05, 0) is 49.9 Å². The van der Waals surface area contributed by atoms with Crippen molar-refractivity contribution in [2.45, 2.75) is 45.2 Å². The summed E-state index contributed by atoms with van der Waals surface area (Å²) in [5.41, 5.74) is 7.09. The summed E-state index contributed by atoms with van der Waals surface area (Å²) < 4.78 is 10.7. The molecule has 0 atom stereocenters. The molecular weight excluding hydrogens is 334 g/mol. The molecule has 2 rings (SSSR count). The number of nitrogens with zero attached hydrogens (tertiary/aromatic N) is 1. The van der Waals surface area contributed by atoms with Gasteiger partial charge in [-0.2, -0.15) is 0 Å². The molecule has 7 heteroatoms. The summed E-state index contributed by atoms with van der Waals surface area (Å²) in [6, 6.07) is 3.93. The van der Waals surface area contributed by atoms with Crippen molar-refractivity contribution >= 4 is 11.8 Å². The molecule has 0 fully saturated rings. The average molecular weight is 363 g/mol. The minimum absolute atomic E-state index is 0.0895. The van der Waals surface area contributed by atoms with E-state index in [2.05, 4.69) is 5.32 Å². The normalized spacial score (nSPS) is 13.8. The number of fused-ring (bicyclic) bond motifs is 1. The van der Waals surface area contributed by atoms with Crippen molar-refractivity contribution in [3.8, 4) is 11.5 Å². The molecule has 0 radical (unpaired) electrons. The highest BCUT2D eigenvalue weighted by molar-refractivity contribution is 5.85. The minimum Gasteiger partial charge on any atom is -0.493 e. The molecule has 1 aromatic rings. The monoisotopic (exact) mass is 363 g/mol. The number of ether oxygens (including phenoxy) is 2. The number of benzene rings is 1. The van der Waals surface area contributed by atoms with Crippen LogP contribution in [0.15, 0.2) is 12.1 Å². The highest BCUT2D eigenvalue weighted by atomic mass is 16.5. The number of rotatable bonds is 7. The first-order valence-electron chi connectivity index (χ1n) is 8.85. The van der Waals surface area contributed by atoms with Crippen LogP contribution in [0.3, 0.4) is 0 Å². The molecule has 1 heterocycles. The summed E-state index contributed by atoms with van der Waals surface area (Å²) in [4.78, 5) is 26.0. The number of hydrogen-bond donors (Lipinski definition) is 2. The Morgan fingerprint density at radius 2 is 1.81 bits per heavy atom. The van der Waals surface area contributed by atoms with Gasteiger partial charge in [-0.1, -0.05) is 0 Å². The zero-order chi connectivity index (χ0) is 19.3. The summed E-state index contributed by atoms with van der Waals surface area (Å²) >= 11 is 0. The highest BCUT2D eigenvalue weighted by Gasteiger charge is 2.23. The first kappa shape index (κ1) is 20.0. The maximum absolute atomic E-state index is 12.5. The Morgan fingerprint density at radius 3 is 2.38 bits per heavy atom. The molecule has 2 amide bonds. The first-order chi connectivity index (χ1) is 12.3. The van der Waals surface area contributed by atoms with Crippen LogP contribution in [0.2, 0.25) is 0 Å². The lowest BCUT2D eigenvalue weighted by Crippen LogP contribution is -2.49. The quantitative estimate of drug-likeness (QED) is 0.711. The molecule has 0 aliphatic carbocycles. The summed E-state index contributed by atoms with van der Waals surface area (Å²) in [7, 11) is 3.22. The van der Waals surface area contributed by atoms with Gasteiger partial charge < -0.3 is 25.4 Å². The SMILES string of the molecule is COc1cc2c(cc1OC)CN(C(=O)CCCNC(=O)C(C)(C)N)CC2. The van der Waals surface area contributed by atoms with Crippen molar-refractivity contribution in [1.82, 2.24) is 10.2 Å². The van der Waals surface area contributed by atoms with Crippen LogP contribution < -0.4 is 20.5 Å². The van der Waals surface area contributed by atoms with Gasteiger partial charge in [0.05, 0.1) is 19.8 Å². The molecule has 0 unspecified atom stereocenters. The Morgan fingerprint density at radius 1 is 1.19 bits per heavy atom. The lowest BCUT2D eigenvalue weighted by Gasteiger charge is -2.29. The second-order valence-corrected chi connectivity index (χ2v) is 7.12. The minimum atomic E-state index is -0.902. The highest BCUT2D eigenvalue weighted by Crippen LogP contribution is 2.33. The number of nitrogens with one attached hydrogen (secondary N) is 1. The van der Waals surface area contributed by atoms with Gasteiger partial charge in [0.25, 0.3) is 0 Å². The predicted octanol–water partition coefficient (Wildman–Crippen LogP) is 1.22. The van der Waals surface area contributed by atoms with E-state index in [0.29, 0.717) is 44.0 Å². The van der Waals surface area contributed by atoms with E-state index >= 15 is 0 Å². The molecule has 0 saturated heterocycles. The van der Waals surface area contributed by atoms with Gasteiger partial charge in [0.2, 0.25) is 11.8 Å². The van der Waals surface area contributed by atoms with Crippen LogP contribution in [-0.2, 0) is 22.6 Å². The van der Waals surface area contributed by atoms with E-state index < -0.39 is 5.54 Å². The van der Waals surface area contributed by atoms with Crippen molar-refractivity contribution in [2.75, 3.05) is 27.3 Å². The lowest BCUT2D eigenvalue weighted by molar-refractivity contribution is -0.132. The summed E-state index contributed by atoms with van der Waals surface area (Å²) in [5.74, 6) is 1.27. The fourth-order valence-corrected chi connectivity index (χ4v) is 2.92. The van der Waals surface area contributed by atoms with Crippen molar-refractivity contribution in [3.05, 3.63) is 23.3 Å². The zero-order valence-corrected chi connectivity index (χ0v) is 16.1. The maximum Gasteiger partial charge on any atom is 0.239 e. The Balaban J connectivity index is 1.88. The molecule has 1 aromatic carbocycles. The van der Waals surface area contributed by atoms with Crippen molar-refractivity contribution < 1.29 is 19.1 Å². The third kappa shape index (κ3) is 4.88. The fraction of sp³-hybridized carbons (Fsp3) is 0.579. The van der Waals surface area contributed by atoms with Crippen molar-refractivity contribution in [1.29, 1.82) is 0 Å². The number of hydrogen-bond acceptors (Lipinski definition) is 5. The molecule has 0 saturated carbocycles. The molecule has 7 nitrogen and oxygen atoms in total. The van der Waals surface area contributed by atoms with Crippen LogP contribution in [0.25, 0.3) is 0 Å². The molecule has 0 bridgehead atoms. The summed E-state index contributed by atoms with van der Waals surface area (Å²) in [6.07, 6.45) is 1.78. The van der Waals surface area contributed by atoms with Crippen LogP contribution in [-0.4, -0.2) is 49.6 Å². The Hall–Kier alpha value is -2.28. The van der Waals surface area contributed by atoms with E-state index in [1.54, 1.807) is 28.1 Å². The third-order valence-electron chi connectivity index (χ3n) is 4.51. The average Bonchev–Trinajstić information content (AvgIpc) is 2.62. The van der Waals surface area contributed by atoms with Gasteiger partial charge in [0.15, 0.2) is 11.5 Å². The fourth-order valence-electron chi connectivity index (χ4n) is 2.92. The topological polar surface area (TPSA) is 93.9 Å². The maximum atomic E-state index is 12.5. The zero-order valence-electron chi connectivity index (χ0n) is 16.1. The van der Waals surface area contributed by atoms with Crippen LogP contribution in [0.5, 0.6) is 11.5 Å². The molecule has 3 N–H and O–H groups in total. The van der Waals surface area contributed by atoms with E-state index in [0.717, 1.165) is 12.0 Å². The second kappa shape index (κ2) is 8.40. The van der Waals surface area contributed by atoms with Crippen LogP contribution in [0, 0.1) is 0 Å². The Labute approximate surface area is 154 Å². The second-order valence-electron chi connectivity index (χ2n) is 7.12. The lowest BCUT2D eigenvalue weighted by atomic mass is 9.98. The van der Waals surface area contributed by atoms with E-state index in [4.69, 9.17) is 15.2 Å². The van der Waals surface area contributed by atoms with E-state index in [9.17, 15) is 9.59 Å². The number of amides is 2. The van der Waals surface area contributed by atoms with Crippen molar-refractivity contribution in [3.63, 3.8) is 0 Å². The van der Waals surface area contributed by atoms with E-state index in [1.165, 1.54) is 5.56 Å². The number of nitrogens with two attached hydrogens (primary N) is 1. The smallest absolute Gasteiger partial charge is 0.239 e. The van der Waals surface area contributed by atoms with Gasteiger partial charge in [-0.3, -0.25) is 9.59 Å². The number of carbonyl (C=O) groups is 2. The van der Waals surface area contributed by atoms with Crippen molar-refractivity contribution in [2.24, 2.45) is 5.73 Å². The molecule has 26 heavy (non-hydrogen) atoms. The number of carbonyl (C=O) groups excluding carboxylic acids is 2. The first-order valence-corrected chi connectivity index (χ1v) is 8.85. The standard InChI is InChI=1S/C19H29N3O4/c1-19(2,20)18(24)21-8-5-6-17(23)22-9-7-13-10-15(25-3)16(26-4)11-14(13)12-22/h10-11H,5-9,12,20H2,1-4H3,(H,21,24). The third-order valence-corrected chi connectivity index (χ3v) is 4.51. The summed E-state index contributed by atoms with van der Waals surface area (Å²) in [5, 5.41) is 2.76. The largest absolute Gasteiger partial charge is 0.493 e. The molecule has 1 aliphatic rings. The Bertz CT molecular complexity index is 667. The predicted molar refractivity (Wildman–Crippen MR) is 99.2 cm³/mol. The van der Waals surface area contributed by atoms with Crippen LogP contribution in [0.4, 0.5) is 0 Å². The van der Waals surface area contributed by atoms with Crippen LogP contribution in [0.1, 0.15) is 37.8 Å². The van der Waals surface area contributed by atoms with E-state index in [1.807, 2.05) is 17.0 Å². The molecule has 0 spiro atoms. The molecular formula is C19H29N3O4. The van der Waals surface area contributed by atoms with Gasteiger partial charge in [-0.25, -0.2) is 0 Å². The summed E-state index contributed by atoms with van der Waals surface area (Å²) in [6.45, 7) is 5.00. The number of methoxy groups -OCH3 is 2. The Kier molecular flexibility index (Phi) is 6.47.